The summed E-state index contributed by atoms with van der Waals surface area (Å²) in [5, 5.41) is 0. The van der Waals surface area contributed by atoms with Crippen molar-refractivity contribution in [3.63, 3.8) is 0 Å². The lowest BCUT2D eigenvalue weighted by Gasteiger charge is -2.35. The van der Waals surface area contributed by atoms with E-state index in [9.17, 15) is 9.59 Å². The van der Waals surface area contributed by atoms with Crippen LogP contribution in [-0.2, 0) is 16.0 Å². The van der Waals surface area contributed by atoms with Crippen LogP contribution in [0.3, 0.4) is 0 Å². The molecule has 1 saturated carbocycles. The Morgan fingerprint density at radius 1 is 1.04 bits per heavy atom. The van der Waals surface area contributed by atoms with Crippen LogP contribution in [0, 0.1) is 5.92 Å². The van der Waals surface area contributed by atoms with E-state index in [2.05, 4.69) is 9.97 Å². The molecule has 0 atom stereocenters. The van der Waals surface area contributed by atoms with Crippen molar-refractivity contribution in [1.29, 1.82) is 0 Å². The molecule has 1 aliphatic carbocycles. The monoisotopic (exact) mass is 318 g/mol. The fourth-order valence-corrected chi connectivity index (χ4v) is 3.63. The molecule has 126 valence electrons. The van der Waals surface area contributed by atoms with Crippen molar-refractivity contribution in [2.75, 3.05) is 26.2 Å². The SMILES string of the molecule is O=C(Cc1cnc[nH]1)N1CCN(C(=O)CC2CCCCC2)CC1. The van der Waals surface area contributed by atoms with Gasteiger partial charge in [0.25, 0.3) is 0 Å². The summed E-state index contributed by atoms with van der Waals surface area (Å²) in [6.07, 6.45) is 10.6. The number of carbonyl (C=O) groups excluding carboxylic acids is 2. The lowest BCUT2D eigenvalue weighted by molar-refractivity contribution is -0.140. The van der Waals surface area contributed by atoms with Crippen molar-refractivity contribution >= 4 is 11.8 Å². The molecule has 0 radical (unpaired) electrons. The summed E-state index contributed by atoms with van der Waals surface area (Å²) in [7, 11) is 0. The zero-order valence-corrected chi connectivity index (χ0v) is 13.7. The Balaban J connectivity index is 1.42. The van der Waals surface area contributed by atoms with Crippen LogP contribution in [0.25, 0.3) is 0 Å². The smallest absolute Gasteiger partial charge is 0.228 e. The summed E-state index contributed by atoms with van der Waals surface area (Å²) < 4.78 is 0. The minimum atomic E-state index is 0.105. The predicted molar refractivity (Wildman–Crippen MR) is 86.6 cm³/mol. The maximum Gasteiger partial charge on any atom is 0.228 e. The third kappa shape index (κ3) is 4.33. The highest BCUT2D eigenvalue weighted by Crippen LogP contribution is 2.27. The van der Waals surface area contributed by atoms with Gasteiger partial charge in [0.15, 0.2) is 0 Å². The summed E-state index contributed by atoms with van der Waals surface area (Å²) in [4.78, 5) is 35.3. The number of carbonyl (C=O) groups is 2. The van der Waals surface area contributed by atoms with Gasteiger partial charge < -0.3 is 14.8 Å². The summed E-state index contributed by atoms with van der Waals surface area (Å²) in [6.45, 7) is 2.62. The summed E-state index contributed by atoms with van der Waals surface area (Å²) in [5.41, 5.74) is 0.839. The molecule has 6 nitrogen and oxygen atoms in total. The molecule has 1 N–H and O–H groups in total. The third-order valence-electron chi connectivity index (χ3n) is 5.07. The van der Waals surface area contributed by atoms with E-state index in [-0.39, 0.29) is 11.8 Å². The normalized spacial score (nSPS) is 19.8. The Labute approximate surface area is 137 Å². The van der Waals surface area contributed by atoms with Crippen LogP contribution in [0.1, 0.15) is 44.2 Å². The third-order valence-corrected chi connectivity index (χ3v) is 5.07. The molecule has 6 heteroatoms. The molecule has 1 aromatic rings. The number of hydrogen-bond donors (Lipinski definition) is 1. The van der Waals surface area contributed by atoms with Crippen molar-refractivity contribution in [3.05, 3.63) is 18.2 Å². The number of amides is 2. The van der Waals surface area contributed by atoms with Crippen LogP contribution in [0.2, 0.25) is 0 Å². The Hall–Kier alpha value is -1.85. The van der Waals surface area contributed by atoms with Crippen LogP contribution in [0.15, 0.2) is 12.5 Å². The first kappa shape index (κ1) is 16.0. The van der Waals surface area contributed by atoms with E-state index < -0.39 is 0 Å². The first-order chi connectivity index (χ1) is 11.2. The first-order valence-electron chi connectivity index (χ1n) is 8.75. The van der Waals surface area contributed by atoms with Gasteiger partial charge in [0.2, 0.25) is 11.8 Å². The van der Waals surface area contributed by atoms with E-state index in [0.717, 1.165) is 5.69 Å². The maximum atomic E-state index is 12.4. The number of rotatable bonds is 4. The number of imidazole rings is 1. The van der Waals surface area contributed by atoms with Crippen molar-refractivity contribution in [3.8, 4) is 0 Å². The molecule has 0 aromatic carbocycles. The number of aromatic amines is 1. The highest BCUT2D eigenvalue weighted by atomic mass is 16.2. The van der Waals surface area contributed by atoms with Gasteiger partial charge in [-0.1, -0.05) is 19.3 Å². The van der Waals surface area contributed by atoms with Gasteiger partial charge >= 0.3 is 0 Å². The standard InChI is InChI=1S/C17H26N4O2/c22-16(10-14-4-2-1-3-5-14)20-6-8-21(9-7-20)17(23)11-15-12-18-13-19-15/h12-14H,1-11H2,(H,18,19). The van der Waals surface area contributed by atoms with E-state index in [4.69, 9.17) is 0 Å². The molecule has 2 fully saturated rings. The van der Waals surface area contributed by atoms with Gasteiger partial charge in [-0.3, -0.25) is 9.59 Å². The molecule has 2 amide bonds. The number of nitrogens with zero attached hydrogens (tertiary/aromatic N) is 3. The maximum absolute atomic E-state index is 12.4. The molecule has 0 unspecified atom stereocenters. The average molecular weight is 318 g/mol. The largest absolute Gasteiger partial charge is 0.348 e. The van der Waals surface area contributed by atoms with Crippen molar-refractivity contribution in [1.82, 2.24) is 19.8 Å². The van der Waals surface area contributed by atoms with Crippen LogP contribution in [0.4, 0.5) is 0 Å². The lowest BCUT2D eigenvalue weighted by atomic mass is 9.86. The Kier molecular flexibility index (Phi) is 5.31. The predicted octanol–water partition coefficient (Wildman–Crippen LogP) is 1.59. The highest BCUT2D eigenvalue weighted by molar-refractivity contribution is 5.79. The van der Waals surface area contributed by atoms with E-state index in [0.29, 0.717) is 44.9 Å². The minimum absolute atomic E-state index is 0.105. The van der Waals surface area contributed by atoms with Crippen molar-refractivity contribution in [2.24, 2.45) is 5.92 Å². The number of nitrogens with one attached hydrogen (secondary N) is 1. The average Bonchev–Trinajstić information content (AvgIpc) is 3.09. The van der Waals surface area contributed by atoms with E-state index in [1.807, 2.05) is 9.80 Å². The lowest BCUT2D eigenvalue weighted by Crippen LogP contribution is -2.51. The minimum Gasteiger partial charge on any atom is -0.348 e. The zero-order valence-electron chi connectivity index (χ0n) is 13.7. The van der Waals surface area contributed by atoms with Crippen molar-refractivity contribution in [2.45, 2.75) is 44.9 Å². The number of aromatic nitrogens is 2. The number of H-pyrrole nitrogens is 1. The highest BCUT2D eigenvalue weighted by Gasteiger charge is 2.26. The molecule has 1 aromatic heterocycles. The van der Waals surface area contributed by atoms with Gasteiger partial charge in [0.05, 0.1) is 12.7 Å². The van der Waals surface area contributed by atoms with Gasteiger partial charge in [0, 0.05) is 44.5 Å². The molecule has 23 heavy (non-hydrogen) atoms. The summed E-state index contributed by atoms with van der Waals surface area (Å²) >= 11 is 0. The molecule has 2 aliphatic rings. The zero-order chi connectivity index (χ0) is 16.1. The van der Waals surface area contributed by atoms with Crippen LogP contribution in [-0.4, -0.2) is 57.8 Å². The number of piperazine rings is 1. The van der Waals surface area contributed by atoms with E-state index >= 15 is 0 Å². The molecule has 0 bridgehead atoms. The molecule has 2 heterocycles. The second-order valence-corrected chi connectivity index (χ2v) is 6.72. The van der Waals surface area contributed by atoms with Gasteiger partial charge in [-0.2, -0.15) is 0 Å². The Morgan fingerprint density at radius 2 is 1.70 bits per heavy atom. The second-order valence-electron chi connectivity index (χ2n) is 6.72. The van der Waals surface area contributed by atoms with E-state index in [1.165, 1.54) is 32.1 Å². The molecule has 3 rings (SSSR count). The molecular weight excluding hydrogens is 292 g/mol. The second kappa shape index (κ2) is 7.62. The Morgan fingerprint density at radius 3 is 2.30 bits per heavy atom. The summed E-state index contributed by atoms with van der Waals surface area (Å²) in [5.74, 6) is 0.961. The molecule has 1 saturated heterocycles. The quantitative estimate of drug-likeness (QED) is 0.916. The topological polar surface area (TPSA) is 69.3 Å². The van der Waals surface area contributed by atoms with Crippen molar-refractivity contribution < 1.29 is 9.59 Å². The van der Waals surface area contributed by atoms with Gasteiger partial charge in [-0.25, -0.2) is 4.98 Å². The molecular formula is C17H26N4O2. The van der Waals surface area contributed by atoms with Crippen LogP contribution in [0.5, 0.6) is 0 Å². The fourth-order valence-electron chi connectivity index (χ4n) is 3.63. The fraction of sp³-hybridized carbons (Fsp3) is 0.706. The molecule has 1 aliphatic heterocycles. The van der Waals surface area contributed by atoms with Crippen LogP contribution >= 0.6 is 0 Å². The molecule has 0 spiro atoms. The van der Waals surface area contributed by atoms with Gasteiger partial charge in [-0.15, -0.1) is 0 Å². The van der Waals surface area contributed by atoms with Gasteiger partial charge in [0.1, 0.15) is 0 Å². The first-order valence-corrected chi connectivity index (χ1v) is 8.75. The van der Waals surface area contributed by atoms with Gasteiger partial charge in [-0.05, 0) is 18.8 Å². The Bertz CT molecular complexity index is 515. The summed E-state index contributed by atoms with van der Waals surface area (Å²) in [6, 6.07) is 0. The number of hydrogen-bond acceptors (Lipinski definition) is 3. The van der Waals surface area contributed by atoms with Crippen LogP contribution < -0.4 is 0 Å². The van der Waals surface area contributed by atoms with E-state index in [1.54, 1.807) is 12.5 Å².